The fourth-order valence-electron chi connectivity index (χ4n) is 5.18. The van der Waals surface area contributed by atoms with Crippen molar-refractivity contribution in [3.05, 3.63) is 131 Å². The molecule has 0 bridgehead atoms. The Labute approximate surface area is 283 Å². The number of amides is 2. The quantitative estimate of drug-likeness (QED) is 0.113. The summed E-state index contributed by atoms with van der Waals surface area (Å²) in [6.07, 6.45) is -0.675. The number of carbonyl (C=O) groups excluding carboxylic acids is 2. The molecular formula is C37H44N4O6S. The summed E-state index contributed by atoms with van der Waals surface area (Å²) in [6.45, 7) is 5.47. The van der Waals surface area contributed by atoms with E-state index in [4.69, 9.17) is 4.74 Å². The molecule has 0 aliphatic heterocycles. The van der Waals surface area contributed by atoms with Crippen LogP contribution in [0.4, 0.5) is 5.69 Å². The van der Waals surface area contributed by atoms with Gasteiger partial charge in [0.15, 0.2) is 0 Å². The van der Waals surface area contributed by atoms with Crippen molar-refractivity contribution < 1.29 is 27.9 Å². The van der Waals surface area contributed by atoms with E-state index in [2.05, 4.69) is 20.7 Å². The molecule has 10 nitrogen and oxygen atoms in total. The van der Waals surface area contributed by atoms with E-state index in [1.807, 2.05) is 98.8 Å². The fourth-order valence-corrected chi connectivity index (χ4v) is 5.80. The highest BCUT2D eigenvalue weighted by atomic mass is 32.2. The lowest BCUT2D eigenvalue weighted by Crippen LogP contribution is -2.49. The average molecular weight is 673 g/mol. The molecule has 0 aliphatic carbocycles. The summed E-state index contributed by atoms with van der Waals surface area (Å²) >= 11 is 0. The molecule has 4 rings (SSSR count). The first-order valence-electron chi connectivity index (χ1n) is 15.9. The van der Waals surface area contributed by atoms with E-state index in [-0.39, 0.29) is 41.2 Å². The van der Waals surface area contributed by atoms with Gasteiger partial charge in [0.05, 0.1) is 36.7 Å². The predicted octanol–water partition coefficient (Wildman–Crippen LogP) is 5.00. The van der Waals surface area contributed by atoms with Crippen LogP contribution in [0.5, 0.6) is 5.75 Å². The van der Waals surface area contributed by atoms with Crippen LogP contribution < -0.4 is 25.4 Å². The van der Waals surface area contributed by atoms with Gasteiger partial charge in [-0.15, -0.1) is 0 Å². The standard InChI is InChI=1S/C37H44N4O6S/c1-5-48(45,46)41-32-21-30(36(43)39-26(3)28-15-10-7-11-16-28)20-31(22-32)37(44)40-34(19-27-13-8-6-9-14-27)35(42)24-38-25(2)29-17-12-18-33(23-29)47-4/h6-18,20-23,25-26,34-35,38,41-42H,5,19,24H2,1-4H3,(H,39,43)(H,40,44)/t25-,26-,34+,35-/m1/s1. The van der Waals surface area contributed by atoms with Crippen LogP contribution in [-0.2, 0) is 16.4 Å². The third kappa shape index (κ3) is 10.4. The number of benzene rings is 4. The zero-order valence-corrected chi connectivity index (χ0v) is 28.5. The van der Waals surface area contributed by atoms with Crippen LogP contribution in [-0.4, -0.2) is 56.9 Å². The van der Waals surface area contributed by atoms with E-state index in [1.54, 1.807) is 7.11 Å². The highest BCUT2D eigenvalue weighted by Crippen LogP contribution is 2.21. The normalized spacial score (nSPS) is 13.9. The number of sulfonamides is 1. The zero-order valence-electron chi connectivity index (χ0n) is 27.6. The molecule has 0 radical (unpaired) electrons. The maximum Gasteiger partial charge on any atom is 0.251 e. The van der Waals surface area contributed by atoms with Crippen molar-refractivity contribution in [1.82, 2.24) is 16.0 Å². The number of aliphatic hydroxyl groups excluding tert-OH is 1. The number of anilines is 1. The van der Waals surface area contributed by atoms with Crippen LogP contribution >= 0.6 is 0 Å². The molecule has 48 heavy (non-hydrogen) atoms. The first-order valence-corrected chi connectivity index (χ1v) is 17.5. The van der Waals surface area contributed by atoms with Crippen molar-refractivity contribution in [1.29, 1.82) is 0 Å². The van der Waals surface area contributed by atoms with Crippen molar-refractivity contribution in [2.45, 2.75) is 51.4 Å². The molecule has 4 aromatic carbocycles. The topological polar surface area (TPSA) is 146 Å². The van der Waals surface area contributed by atoms with Crippen molar-refractivity contribution in [3.63, 3.8) is 0 Å². The molecule has 0 spiro atoms. The number of rotatable bonds is 16. The minimum Gasteiger partial charge on any atom is -0.497 e. The van der Waals surface area contributed by atoms with Gasteiger partial charge in [0.25, 0.3) is 11.8 Å². The molecular weight excluding hydrogens is 628 g/mol. The van der Waals surface area contributed by atoms with Crippen molar-refractivity contribution in [2.75, 3.05) is 24.1 Å². The molecule has 0 unspecified atom stereocenters. The van der Waals surface area contributed by atoms with E-state index in [1.165, 1.54) is 25.1 Å². The van der Waals surface area contributed by atoms with Gasteiger partial charge in [0.1, 0.15) is 5.75 Å². The summed E-state index contributed by atoms with van der Waals surface area (Å²) < 4.78 is 32.7. The van der Waals surface area contributed by atoms with E-state index < -0.39 is 34.0 Å². The summed E-state index contributed by atoms with van der Waals surface area (Å²) in [5.74, 6) is -0.516. The molecule has 0 saturated carbocycles. The Morgan fingerprint density at radius 1 is 0.771 bits per heavy atom. The number of ether oxygens (including phenoxy) is 1. The molecule has 0 fully saturated rings. The number of hydrogen-bond donors (Lipinski definition) is 5. The Bertz CT molecular complexity index is 1770. The minimum atomic E-state index is -3.71. The first kappa shape index (κ1) is 36.1. The second-order valence-electron chi connectivity index (χ2n) is 11.7. The van der Waals surface area contributed by atoms with Gasteiger partial charge in [-0.1, -0.05) is 72.8 Å². The third-order valence-corrected chi connectivity index (χ3v) is 9.37. The van der Waals surface area contributed by atoms with E-state index in [0.29, 0.717) is 6.42 Å². The maximum atomic E-state index is 13.8. The van der Waals surface area contributed by atoms with Crippen LogP contribution in [0.2, 0.25) is 0 Å². The van der Waals surface area contributed by atoms with Crippen LogP contribution in [0.1, 0.15) is 70.3 Å². The average Bonchev–Trinajstić information content (AvgIpc) is 3.10. The summed E-state index contributed by atoms with van der Waals surface area (Å²) in [7, 11) is -2.11. The number of nitrogens with one attached hydrogen (secondary N) is 4. The van der Waals surface area contributed by atoms with Crippen LogP contribution in [0.3, 0.4) is 0 Å². The molecule has 5 N–H and O–H groups in total. The summed E-state index contributed by atoms with van der Waals surface area (Å²) in [4.78, 5) is 27.2. The first-order chi connectivity index (χ1) is 23.0. The highest BCUT2D eigenvalue weighted by molar-refractivity contribution is 7.92. The van der Waals surface area contributed by atoms with Gasteiger partial charge in [0, 0.05) is 23.7 Å². The monoisotopic (exact) mass is 672 g/mol. The second kappa shape index (κ2) is 16.9. The Hall–Kier alpha value is -4.71. The maximum absolute atomic E-state index is 13.8. The smallest absolute Gasteiger partial charge is 0.251 e. The summed E-state index contributed by atoms with van der Waals surface area (Å²) in [5, 5.41) is 20.6. The summed E-state index contributed by atoms with van der Waals surface area (Å²) in [5.41, 5.74) is 3.01. The summed E-state index contributed by atoms with van der Waals surface area (Å²) in [6, 6.07) is 29.5. The second-order valence-corrected chi connectivity index (χ2v) is 13.7. The van der Waals surface area contributed by atoms with E-state index in [9.17, 15) is 23.1 Å². The number of hydrogen-bond acceptors (Lipinski definition) is 7. The van der Waals surface area contributed by atoms with Gasteiger partial charge >= 0.3 is 0 Å². The minimum absolute atomic E-state index is 0.0618. The third-order valence-electron chi connectivity index (χ3n) is 8.06. The van der Waals surface area contributed by atoms with Crippen molar-refractivity contribution >= 4 is 27.5 Å². The largest absolute Gasteiger partial charge is 0.497 e. The molecule has 11 heteroatoms. The van der Waals surface area contributed by atoms with Crippen LogP contribution in [0, 0.1) is 0 Å². The van der Waals surface area contributed by atoms with Gasteiger partial charge in [-0.2, -0.15) is 0 Å². The van der Waals surface area contributed by atoms with Crippen LogP contribution in [0.15, 0.2) is 103 Å². The molecule has 0 aromatic heterocycles. The lowest BCUT2D eigenvalue weighted by atomic mass is 9.99. The number of methoxy groups -OCH3 is 1. The molecule has 0 saturated heterocycles. The molecule has 4 atom stereocenters. The molecule has 0 aliphatic rings. The Morgan fingerprint density at radius 3 is 2.00 bits per heavy atom. The Balaban J connectivity index is 1.58. The van der Waals surface area contributed by atoms with Crippen molar-refractivity contribution in [3.8, 4) is 5.75 Å². The molecule has 254 valence electrons. The molecule has 4 aromatic rings. The van der Waals surface area contributed by atoms with E-state index >= 15 is 0 Å². The van der Waals surface area contributed by atoms with E-state index in [0.717, 1.165) is 22.4 Å². The van der Waals surface area contributed by atoms with Crippen molar-refractivity contribution in [2.24, 2.45) is 0 Å². The zero-order chi connectivity index (χ0) is 34.7. The lowest BCUT2D eigenvalue weighted by Gasteiger charge is -2.26. The van der Waals surface area contributed by atoms with Gasteiger partial charge in [-0.25, -0.2) is 8.42 Å². The lowest BCUT2D eigenvalue weighted by molar-refractivity contribution is 0.0825. The van der Waals surface area contributed by atoms with Gasteiger partial charge < -0.3 is 25.8 Å². The fraction of sp³-hybridized carbons (Fsp3) is 0.297. The Morgan fingerprint density at radius 2 is 1.38 bits per heavy atom. The molecule has 0 heterocycles. The number of carbonyl (C=O) groups is 2. The van der Waals surface area contributed by atoms with Gasteiger partial charge in [-0.05, 0) is 74.2 Å². The number of aliphatic hydroxyl groups is 1. The Kier molecular flexibility index (Phi) is 12.7. The van der Waals surface area contributed by atoms with Crippen LogP contribution in [0.25, 0.3) is 0 Å². The molecule has 2 amide bonds. The van der Waals surface area contributed by atoms with Gasteiger partial charge in [-0.3, -0.25) is 14.3 Å². The SMILES string of the molecule is CCS(=O)(=O)Nc1cc(C(=O)N[C@@H](Cc2ccccc2)[C@H](O)CN[C@H](C)c2cccc(OC)c2)cc(C(=O)N[C@H](C)c2ccccc2)c1. The van der Waals surface area contributed by atoms with Gasteiger partial charge in [0.2, 0.25) is 10.0 Å². The highest BCUT2D eigenvalue weighted by Gasteiger charge is 2.25. The predicted molar refractivity (Wildman–Crippen MR) is 189 cm³/mol.